The van der Waals surface area contributed by atoms with Crippen molar-refractivity contribution in [2.45, 2.75) is 6.04 Å². The van der Waals surface area contributed by atoms with Crippen LogP contribution in [-0.4, -0.2) is 42.0 Å². The second kappa shape index (κ2) is 4.71. The number of rotatable bonds is 3. The van der Waals surface area contributed by atoms with Gasteiger partial charge in [-0.2, -0.15) is 0 Å². The van der Waals surface area contributed by atoms with Crippen molar-refractivity contribution in [1.29, 1.82) is 0 Å². The molecule has 0 bridgehead atoms. The zero-order chi connectivity index (χ0) is 12.3. The molecule has 1 aromatic heterocycles. The SMILES string of the molecule is COc1cc(C(=O)N2CC(N=[N+]=[N-])C2)ccn1. The normalized spacial score (nSPS) is 14.8. The van der Waals surface area contributed by atoms with Crippen molar-refractivity contribution < 1.29 is 9.53 Å². The fourth-order valence-electron chi connectivity index (χ4n) is 1.60. The van der Waals surface area contributed by atoms with Crippen molar-refractivity contribution in [1.82, 2.24) is 9.88 Å². The molecule has 7 nitrogen and oxygen atoms in total. The van der Waals surface area contributed by atoms with Crippen LogP contribution in [0, 0.1) is 0 Å². The molecule has 0 N–H and O–H groups in total. The topological polar surface area (TPSA) is 91.2 Å². The van der Waals surface area contributed by atoms with Crippen LogP contribution in [0.15, 0.2) is 23.4 Å². The number of amides is 1. The summed E-state index contributed by atoms with van der Waals surface area (Å²) in [5.41, 5.74) is 8.77. The Bertz CT molecular complexity index is 477. The Kier molecular flexibility index (Phi) is 3.11. The smallest absolute Gasteiger partial charge is 0.254 e. The number of pyridine rings is 1. The average Bonchev–Trinajstić information content (AvgIpc) is 2.32. The van der Waals surface area contributed by atoms with Crippen LogP contribution < -0.4 is 4.74 Å². The first kappa shape index (κ1) is 11.2. The van der Waals surface area contributed by atoms with E-state index in [1.54, 1.807) is 17.0 Å². The van der Waals surface area contributed by atoms with Crippen LogP contribution in [0.25, 0.3) is 10.4 Å². The van der Waals surface area contributed by atoms with Gasteiger partial charge in [-0.05, 0) is 11.6 Å². The van der Waals surface area contributed by atoms with Crippen LogP contribution in [0.3, 0.4) is 0 Å². The summed E-state index contributed by atoms with van der Waals surface area (Å²) in [7, 11) is 1.50. The Labute approximate surface area is 97.6 Å². The molecular weight excluding hydrogens is 222 g/mol. The minimum Gasteiger partial charge on any atom is -0.481 e. The number of carbonyl (C=O) groups excluding carboxylic acids is 1. The van der Waals surface area contributed by atoms with Gasteiger partial charge in [0.05, 0.1) is 13.2 Å². The molecule has 1 amide bonds. The van der Waals surface area contributed by atoms with Gasteiger partial charge in [0.2, 0.25) is 5.88 Å². The van der Waals surface area contributed by atoms with E-state index in [0.717, 1.165) is 0 Å². The molecule has 1 aliphatic rings. The molecule has 7 heteroatoms. The molecule has 0 spiro atoms. The van der Waals surface area contributed by atoms with E-state index in [4.69, 9.17) is 10.3 Å². The zero-order valence-corrected chi connectivity index (χ0v) is 9.28. The second-order valence-corrected chi connectivity index (χ2v) is 3.66. The van der Waals surface area contributed by atoms with Gasteiger partial charge in [0.25, 0.3) is 5.91 Å². The number of likely N-dealkylation sites (tertiary alicyclic amines) is 1. The van der Waals surface area contributed by atoms with Gasteiger partial charge in [-0.1, -0.05) is 5.11 Å². The van der Waals surface area contributed by atoms with E-state index >= 15 is 0 Å². The highest BCUT2D eigenvalue weighted by atomic mass is 16.5. The number of nitrogens with zero attached hydrogens (tertiary/aromatic N) is 5. The summed E-state index contributed by atoms with van der Waals surface area (Å²) in [5.74, 6) is 0.304. The molecule has 1 aromatic rings. The Hall–Kier alpha value is -2.27. The molecule has 0 aliphatic carbocycles. The maximum Gasteiger partial charge on any atom is 0.254 e. The maximum atomic E-state index is 12.0. The monoisotopic (exact) mass is 233 g/mol. The predicted octanol–water partition coefficient (Wildman–Crippen LogP) is 1.22. The lowest BCUT2D eigenvalue weighted by Crippen LogP contribution is -2.52. The van der Waals surface area contributed by atoms with E-state index < -0.39 is 0 Å². The van der Waals surface area contributed by atoms with Crippen LogP contribution >= 0.6 is 0 Å². The number of carbonyl (C=O) groups is 1. The number of methoxy groups -OCH3 is 1. The molecule has 0 saturated carbocycles. The van der Waals surface area contributed by atoms with E-state index in [1.165, 1.54) is 13.3 Å². The van der Waals surface area contributed by atoms with Crippen molar-refractivity contribution in [3.05, 3.63) is 34.3 Å². The number of ether oxygens (including phenoxy) is 1. The number of hydrogen-bond donors (Lipinski definition) is 0. The third-order valence-corrected chi connectivity index (χ3v) is 2.56. The van der Waals surface area contributed by atoms with E-state index in [2.05, 4.69) is 15.0 Å². The summed E-state index contributed by atoms with van der Waals surface area (Å²) in [6.45, 7) is 0.932. The lowest BCUT2D eigenvalue weighted by Gasteiger charge is -2.36. The molecule has 0 aromatic carbocycles. The molecule has 88 valence electrons. The molecule has 17 heavy (non-hydrogen) atoms. The second-order valence-electron chi connectivity index (χ2n) is 3.66. The van der Waals surface area contributed by atoms with E-state index in [-0.39, 0.29) is 11.9 Å². The lowest BCUT2D eigenvalue weighted by atomic mass is 10.1. The van der Waals surface area contributed by atoms with Crippen LogP contribution in [0.2, 0.25) is 0 Å². The average molecular weight is 233 g/mol. The highest BCUT2D eigenvalue weighted by molar-refractivity contribution is 5.95. The molecule has 2 rings (SSSR count). The standard InChI is InChI=1S/C10H11N5O2/c1-17-9-4-7(2-3-12-9)10(16)15-5-8(6-15)13-14-11/h2-4,8H,5-6H2,1H3. The molecule has 1 saturated heterocycles. The van der Waals surface area contributed by atoms with Gasteiger partial charge < -0.3 is 9.64 Å². The summed E-state index contributed by atoms with van der Waals surface area (Å²) in [6, 6.07) is 3.11. The summed E-state index contributed by atoms with van der Waals surface area (Å²) in [4.78, 5) is 20.2. The molecular formula is C10H11N5O2. The molecule has 0 unspecified atom stereocenters. The molecule has 1 fully saturated rings. The van der Waals surface area contributed by atoms with E-state index in [1.807, 2.05) is 0 Å². The first-order chi connectivity index (χ1) is 8.24. The largest absolute Gasteiger partial charge is 0.481 e. The third kappa shape index (κ3) is 2.29. The van der Waals surface area contributed by atoms with Crippen molar-refractivity contribution >= 4 is 5.91 Å². The van der Waals surface area contributed by atoms with Gasteiger partial charge in [0.15, 0.2) is 0 Å². The van der Waals surface area contributed by atoms with Gasteiger partial charge in [0.1, 0.15) is 0 Å². The Balaban J connectivity index is 2.03. The Morgan fingerprint density at radius 2 is 2.47 bits per heavy atom. The number of azide groups is 1. The lowest BCUT2D eigenvalue weighted by molar-refractivity contribution is 0.0608. The quantitative estimate of drug-likeness (QED) is 0.446. The van der Waals surface area contributed by atoms with Gasteiger partial charge in [-0.25, -0.2) is 4.98 Å². The first-order valence-electron chi connectivity index (χ1n) is 5.08. The summed E-state index contributed by atoms with van der Waals surface area (Å²) >= 11 is 0. The zero-order valence-electron chi connectivity index (χ0n) is 9.28. The van der Waals surface area contributed by atoms with Crippen LogP contribution in [-0.2, 0) is 0 Å². The molecule has 0 radical (unpaired) electrons. The number of aromatic nitrogens is 1. The Morgan fingerprint density at radius 3 is 3.12 bits per heavy atom. The minimum absolute atomic E-state index is 0.102. The molecule has 2 heterocycles. The highest BCUT2D eigenvalue weighted by Gasteiger charge is 2.30. The van der Waals surface area contributed by atoms with Crippen molar-refractivity contribution in [3.63, 3.8) is 0 Å². The summed E-state index contributed by atoms with van der Waals surface area (Å²) < 4.78 is 4.95. The van der Waals surface area contributed by atoms with Crippen LogP contribution in [0.4, 0.5) is 0 Å². The fraction of sp³-hybridized carbons (Fsp3) is 0.400. The van der Waals surface area contributed by atoms with Crippen molar-refractivity contribution in [2.24, 2.45) is 5.11 Å². The first-order valence-corrected chi connectivity index (χ1v) is 5.08. The van der Waals surface area contributed by atoms with Gasteiger partial charge in [0, 0.05) is 35.8 Å². The minimum atomic E-state index is -0.104. The van der Waals surface area contributed by atoms with Gasteiger partial charge in [-0.15, -0.1) is 0 Å². The van der Waals surface area contributed by atoms with Gasteiger partial charge >= 0.3 is 0 Å². The Morgan fingerprint density at radius 1 is 1.71 bits per heavy atom. The molecule has 0 atom stereocenters. The summed E-state index contributed by atoms with van der Waals surface area (Å²) in [5, 5.41) is 3.54. The van der Waals surface area contributed by atoms with Crippen molar-refractivity contribution in [2.75, 3.05) is 20.2 Å². The van der Waals surface area contributed by atoms with E-state index in [9.17, 15) is 4.79 Å². The van der Waals surface area contributed by atoms with Crippen molar-refractivity contribution in [3.8, 4) is 5.88 Å². The predicted molar refractivity (Wildman–Crippen MR) is 59.6 cm³/mol. The molecule has 1 aliphatic heterocycles. The highest BCUT2D eigenvalue weighted by Crippen LogP contribution is 2.17. The number of hydrogen-bond acceptors (Lipinski definition) is 4. The summed E-state index contributed by atoms with van der Waals surface area (Å²) in [6.07, 6.45) is 1.52. The third-order valence-electron chi connectivity index (χ3n) is 2.56. The van der Waals surface area contributed by atoms with E-state index in [0.29, 0.717) is 24.5 Å². The van der Waals surface area contributed by atoms with Gasteiger partial charge in [-0.3, -0.25) is 4.79 Å². The maximum absolute atomic E-state index is 12.0. The fourth-order valence-corrected chi connectivity index (χ4v) is 1.60. The van der Waals surface area contributed by atoms with Crippen LogP contribution in [0.5, 0.6) is 5.88 Å². The van der Waals surface area contributed by atoms with Crippen LogP contribution in [0.1, 0.15) is 10.4 Å².